The van der Waals surface area contributed by atoms with E-state index in [0.29, 0.717) is 23.1 Å². The maximum atomic E-state index is 11.8. The summed E-state index contributed by atoms with van der Waals surface area (Å²) in [4.78, 5) is 21.5. The number of aliphatic imine (C=N–C) groups is 1. The SMILES string of the molecule is CCN1CCN(C[C@H]2CSc3c(-c4scc5c4nc(N)n5C)c(Cl)cc4c3N2C(O)N=C4N2CC3CCC(C2)N3)CC1. The van der Waals surface area contributed by atoms with Gasteiger partial charge in [-0.05, 0) is 25.5 Å². The van der Waals surface area contributed by atoms with Crippen LogP contribution in [-0.4, -0.2) is 118 Å². The lowest BCUT2D eigenvalue weighted by Gasteiger charge is -2.48. The Morgan fingerprint density at radius 3 is 2.62 bits per heavy atom. The summed E-state index contributed by atoms with van der Waals surface area (Å²) in [5.74, 6) is 2.22. The third-order valence-corrected chi connectivity index (χ3v) is 12.3. The highest BCUT2D eigenvalue weighted by Gasteiger charge is 2.43. The number of rotatable bonds is 4. The molecule has 2 aromatic heterocycles. The van der Waals surface area contributed by atoms with Crippen molar-refractivity contribution in [3.05, 3.63) is 22.0 Å². The van der Waals surface area contributed by atoms with Gasteiger partial charge >= 0.3 is 0 Å². The number of nitrogen functional groups attached to an aromatic ring is 1. The number of hydrogen-bond donors (Lipinski definition) is 3. The van der Waals surface area contributed by atoms with Gasteiger partial charge in [0.25, 0.3) is 0 Å². The third-order valence-electron chi connectivity index (χ3n) is 9.81. The number of likely N-dealkylation sites (N-methyl/N-ethyl adjacent to an activating group) is 1. The molecule has 3 fully saturated rings. The zero-order valence-corrected chi connectivity index (χ0v) is 26.5. The van der Waals surface area contributed by atoms with Crippen LogP contribution in [0.25, 0.3) is 21.5 Å². The smallest absolute Gasteiger partial charge is 0.228 e. The largest absolute Gasteiger partial charge is 0.369 e. The number of piperazine rings is 2. The minimum Gasteiger partial charge on any atom is -0.369 e. The normalized spacial score (nSPS) is 28.0. The molecule has 5 aliphatic heterocycles. The quantitative estimate of drug-likeness (QED) is 0.403. The molecule has 7 heterocycles. The number of halogens is 1. The van der Waals surface area contributed by atoms with Gasteiger partial charge in [0, 0.05) is 92.1 Å². The Balaban J connectivity index is 1.23. The van der Waals surface area contributed by atoms with Gasteiger partial charge in [0.1, 0.15) is 11.4 Å². The van der Waals surface area contributed by atoms with Gasteiger partial charge in [0.15, 0.2) is 0 Å². The molecule has 0 spiro atoms. The number of aromatic nitrogens is 2. The molecule has 3 aromatic rings. The molecule has 224 valence electrons. The molecule has 0 aliphatic carbocycles. The fraction of sp³-hybridized carbons (Fsp3) is 0.586. The molecule has 13 heteroatoms. The molecule has 0 saturated carbocycles. The second-order valence-corrected chi connectivity index (χ2v) is 14.6. The Morgan fingerprint density at radius 1 is 1.14 bits per heavy atom. The van der Waals surface area contributed by atoms with E-state index in [4.69, 9.17) is 27.3 Å². The number of aliphatic hydroxyl groups excluding tert-OH is 1. The summed E-state index contributed by atoms with van der Waals surface area (Å²) in [6.45, 7) is 10.3. The van der Waals surface area contributed by atoms with Gasteiger partial charge in [-0.1, -0.05) is 18.5 Å². The Hall–Kier alpha value is -2.06. The molecule has 8 rings (SSSR count). The number of likely N-dealkylation sites (tertiary alicyclic amines) is 1. The van der Waals surface area contributed by atoms with Crippen molar-refractivity contribution in [2.24, 2.45) is 12.0 Å². The Bertz CT molecular complexity index is 1550. The average molecular weight is 628 g/mol. The summed E-state index contributed by atoms with van der Waals surface area (Å²) in [5.41, 5.74) is 11.2. The molecule has 5 aliphatic rings. The number of aliphatic hydroxyl groups is 1. The van der Waals surface area contributed by atoms with Crippen molar-refractivity contribution >= 4 is 63.2 Å². The lowest BCUT2D eigenvalue weighted by molar-refractivity contribution is 0.117. The van der Waals surface area contributed by atoms with Crippen molar-refractivity contribution in [2.45, 2.75) is 49.1 Å². The summed E-state index contributed by atoms with van der Waals surface area (Å²) in [6, 6.07) is 3.16. The highest BCUT2D eigenvalue weighted by molar-refractivity contribution is 7.99. The molecule has 2 bridgehead atoms. The van der Waals surface area contributed by atoms with Crippen LogP contribution in [0, 0.1) is 0 Å². The molecule has 3 saturated heterocycles. The van der Waals surface area contributed by atoms with Crippen molar-refractivity contribution in [3.8, 4) is 10.4 Å². The monoisotopic (exact) mass is 627 g/mol. The molecular weight excluding hydrogens is 590 g/mol. The average Bonchev–Trinajstić information content (AvgIpc) is 3.64. The summed E-state index contributed by atoms with van der Waals surface area (Å²) >= 11 is 10.7. The predicted molar refractivity (Wildman–Crippen MR) is 173 cm³/mol. The summed E-state index contributed by atoms with van der Waals surface area (Å²) in [7, 11) is 1.95. The molecule has 42 heavy (non-hydrogen) atoms. The van der Waals surface area contributed by atoms with E-state index in [1.54, 1.807) is 11.3 Å². The van der Waals surface area contributed by atoms with Gasteiger partial charge in [-0.15, -0.1) is 23.1 Å². The Morgan fingerprint density at radius 2 is 1.88 bits per heavy atom. The topological polar surface area (TPSA) is 101 Å². The van der Waals surface area contributed by atoms with Crippen LogP contribution in [0.3, 0.4) is 0 Å². The first kappa shape index (κ1) is 27.5. The molecular formula is C29H38ClN9OS2. The number of imidazole rings is 1. The molecule has 3 unspecified atom stereocenters. The van der Waals surface area contributed by atoms with Crippen LogP contribution in [0.1, 0.15) is 25.3 Å². The highest BCUT2D eigenvalue weighted by Crippen LogP contribution is 2.53. The zero-order valence-electron chi connectivity index (χ0n) is 24.1. The van der Waals surface area contributed by atoms with Crippen LogP contribution < -0.4 is 16.0 Å². The van der Waals surface area contributed by atoms with E-state index in [2.05, 4.69) is 43.3 Å². The number of thiophene rings is 1. The van der Waals surface area contributed by atoms with E-state index in [0.717, 1.165) is 102 Å². The lowest BCUT2D eigenvalue weighted by Crippen LogP contribution is -2.58. The van der Waals surface area contributed by atoms with Crippen LogP contribution in [0.4, 0.5) is 11.6 Å². The number of hydrogen-bond acceptors (Lipinski definition) is 11. The molecule has 0 radical (unpaired) electrons. The van der Waals surface area contributed by atoms with Gasteiger partial charge in [-0.3, -0.25) is 4.90 Å². The van der Waals surface area contributed by atoms with Crippen LogP contribution in [0.5, 0.6) is 0 Å². The maximum Gasteiger partial charge on any atom is 0.228 e. The minimum atomic E-state index is -0.940. The van der Waals surface area contributed by atoms with Gasteiger partial charge in [-0.2, -0.15) is 0 Å². The lowest BCUT2D eigenvalue weighted by atomic mass is 10.00. The van der Waals surface area contributed by atoms with Gasteiger partial charge in [0.2, 0.25) is 12.3 Å². The van der Waals surface area contributed by atoms with Gasteiger partial charge in [-0.25, -0.2) is 9.98 Å². The minimum absolute atomic E-state index is 0.136. The third kappa shape index (κ3) is 4.36. The number of nitrogens with two attached hydrogens (primary N) is 1. The van der Waals surface area contributed by atoms with Crippen LogP contribution >= 0.6 is 34.7 Å². The van der Waals surface area contributed by atoms with Crippen molar-refractivity contribution in [1.82, 2.24) is 29.6 Å². The molecule has 10 nitrogen and oxygen atoms in total. The molecule has 1 aromatic carbocycles. The molecule has 4 N–H and O–H groups in total. The number of nitrogens with zero attached hydrogens (tertiary/aromatic N) is 7. The number of thioether (sulfide) groups is 1. The Labute approximate surface area is 259 Å². The van der Waals surface area contributed by atoms with Crippen LogP contribution in [0.15, 0.2) is 21.3 Å². The van der Waals surface area contributed by atoms with E-state index in [-0.39, 0.29) is 6.04 Å². The Kier molecular flexibility index (Phi) is 6.89. The first-order chi connectivity index (χ1) is 20.4. The van der Waals surface area contributed by atoms with E-state index >= 15 is 0 Å². The molecule has 4 atom stereocenters. The summed E-state index contributed by atoms with van der Waals surface area (Å²) in [6.07, 6.45) is 1.43. The standard InChI is InChI=1S/C29H38ClN9OS2/c1-3-36-6-8-37(9-7-36)13-18-14-41-26-22(25-23-21(15-42-25)35(2)28(31)33-23)20(30)10-19-24(26)39(18)29(40)34-27(19)38-11-16-4-5-17(12-38)32-16/h10,15-18,29,32,40H,3-9,11-14H2,1-2H3,(H2,31,33)/t16?,17?,18-,29?/m0/s1. The maximum absolute atomic E-state index is 11.8. The van der Waals surface area contributed by atoms with Crippen molar-refractivity contribution in [3.63, 3.8) is 0 Å². The number of nitrogens with one attached hydrogen (secondary N) is 1. The van der Waals surface area contributed by atoms with E-state index in [9.17, 15) is 5.11 Å². The van der Waals surface area contributed by atoms with Gasteiger partial charge in [0.05, 0.1) is 27.1 Å². The first-order valence-electron chi connectivity index (χ1n) is 15.1. The second-order valence-electron chi connectivity index (χ2n) is 12.2. The summed E-state index contributed by atoms with van der Waals surface area (Å²) < 4.78 is 1.92. The fourth-order valence-electron chi connectivity index (χ4n) is 7.51. The van der Waals surface area contributed by atoms with E-state index < -0.39 is 6.35 Å². The van der Waals surface area contributed by atoms with Crippen LogP contribution in [0.2, 0.25) is 5.02 Å². The number of fused-ring (bicyclic) bond motifs is 3. The van der Waals surface area contributed by atoms with Crippen LogP contribution in [-0.2, 0) is 7.05 Å². The fourth-order valence-corrected chi connectivity index (χ4v) is 10.4. The first-order valence-corrected chi connectivity index (χ1v) is 17.3. The van der Waals surface area contributed by atoms with Gasteiger partial charge < -0.3 is 35.4 Å². The van der Waals surface area contributed by atoms with Crippen molar-refractivity contribution in [1.29, 1.82) is 0 Å². The zero-order chi connectivity index (χ0) is 28.7. The number of anilines is 2. The highest BCUT2D eigenvalue weighted by atomic mass is 35.5. The molecule has 0 amide bonds. The predicted octanol–water partition coefficient (Wildman–Crippen LogP) is 2.93. The van der Waals surface area contributed by atoms with E-state index in [1.165, 1.54) is 12.8 Å². The second kappa shape index (κ2) is 10.5. The van der Waals surface area contributed by atoms with Crippen molar-refractivity contribution < 1.29 is 5.11 Å². The van der Waals surface area contributed by atoms with E-state index in [1.807, 2.05) is 23.4 Å². The number of aryl methyl sites for hydroxylation is 1. The summed E-state index contributed by atoms with van der Waals surface area (Å²) in [5, 5.41) is 18.3. The number of amidine groups is 1. The number of benzene rings is 1. The van der Waals surface area contributed by atoms with Crippen molar-refractivity contribution in [2.75, 3.05) is 68.7 Å².